The molecule has 2 unspecified atom stereocenters. The fourth-order valence-electron chi connectivity index (χ4n) is 3.01. The minimum atomic E-state index is -3.13. The van der Waals surface area contributed by atoms with E-state index in [2.05, 4.69) is 12.2 Å². The maximum absolute atomic E-state index is 12.7. The van der Waals surface area contributed by atoms with Crippen LogP contribution in [0.4, 0.5) is 0 Å². The Morgan fingerprint density at radius 2 is 1.86 bits per heavy atom. The zero-order chi connectivity index (χ0) is 15.3. The number of rotatable bonds is 6. The van der Waals surface area contributed by atoms with Crippen molar-refractivity contribution in [3.63, 3.8) is 0 Å². The maximum Gasteiger partial charge on any atom is 0.158 e. The number of sulfone groups is 1. The third kappa shape index (κ3) is 4.70. The second-order valence-corrected chi connectivity index (χ2v) is 8.47. The van der Waals surface area contributed by atoms with Gasteiger partial charge in [-0.1, -0.05) is 43.5 Å². The molecule has 1 fully saturated rings. The lowest BCUT2D eigenvalue weighted by Crippen LogP contribution is -2.46. The van der Waals surface area contributed by atoms with Gasteiger partial charge >= 0.3 is 0 Å². The van der Waals surface area contributed by atoms with Crippen LogP contribution in [0.5, 0.6) is 0 Å². The van der Waals surface area contributed by atoms with Crippen molar-refractivity contribution in [3.05, 3.63) is 34.9 Å². The Bertz CT molecular complexity index is 542. The van der Waals surface area contributed by atoms with E-state index in [9.17, 15) is 8.42 Å². The van der Waals surface area contributed by atoms with Crippen molar-refractivity contribution in [1.82, 2.24) is 5.32 Å². The van der Waals surface area contributed by atoms with Gasteiger partial charge in [-0.2, -0.15) is 0 Å². The van der Waals surface area contributed by atoms with Gasteiger partial charge < -0.3 is 5.32 Å². The molecule has 0 amide bonds. The van der Waals surface area contributed by atoms with Gasteiger partial charge in [0, 0.05) is 11.1 Å². The normalized spacial score (nSPS) is 23.1. The predicted octanol–water partition coefficient (Wildman–Crippen LogP) is 3.57. The molecule has 0 spiro atoms. The third-order valence-corrected chi connectivity index (χ3v) is 6.58. The first-order chi connectivity index (χ1) is 10.0. The molecule has 0 saturated heterocycles. The van der Waals surface area contributed by atoms with E-state index in [4.69, 9.17) is 11.6 Å². The highest BCUT2D eigenvalue weighted by Gasteiger charge is 2.34. The van der Waals surface area contributed by atoms with Crippen LogP contribution < -0.4 is 5.32 Å². The van der Waals surface area contributed by atoms with Crippen LogP contribution in [0.3, 0.4) is 0 Å². The molecule has 0 aromatic heterocycles. The molecule has 0 radical (unpaired) electrons. The van der Waals surface area contributed by atoms with Crippen molar-refractivity contribution in [1.29, 1.82) is 0 Å². The van der Waals surface area contributed by atoms with E-state index in [0.717, 1.165) is 44.2 Å². The number of halogens is 1. The Morgan fingerprint density at radius 1 is 1.19 bits per heavy atom. The molecular weight excluding hydrogens is 306 g/mol. The van der Waals surface area contributed by atoms with Crippen LogP contribution in [-0.2, 0) is 15.6 Å². The Morgan fingerprint density at radius 3 is 2.52 bits per heavy atom. The molecular formula is C16H24ClNO2S. The lowest BCUT2D eigenvalue weighted by molar-refractivity contribution is 0.371. The Hall–Kier alpha value is -0.580. The van der Waals surface area contributed by atoms with Crippen molar-refractivity contribution in [2.24, 2.45) is 0 Å². The number of benzene rings is 1. The van der Waals surface area contributed by atoms with Crippen LogP contribution in [0.1, 0.15) is 44.6 Å². The van der Waals surface area contributed by atoms with E-state index in [1.165, 1.54) is 0 Å². The molecule has 118 valence electrons. The Kier molecular flexibility index (Phi) is 6.08. The fraction of sp³-hybridized carbons (Fsp3) is 0.625. The second-order valence-electron chi connectivity index (χ2n) is 5.82. The monoisotopic (exact) mass is 329 g/mol. The predicted molar refractivity (Wildman–Crippen MR) is 88.4 cm³/mol. The summed E-state index contributed by atoms with van der Waals surface area (Å²) in [6.45, 7) is 2.99. The zero-order valence-electron chi connectivity index (χ0n) is 12.5. The summed E-state index contributed by atoms with van der Waals surface area (Å²) in [5.74, 6) is 0.110. The molecule has 1 aliphatic carbocycles. The van der Waals surface area contributed by atoms with Crippen LogP contribution in [-0.4, -0.2) is 26.3 Å². The quantitative estimate of drug-likeness (QED) is 0.868. The first kappa shape index (κ1) is 16.8. The molecule has 1 aliphatic rings. The summed E-state index contributed by atoms with van der Waals surface area (Å²) < 4.78 is 25.5. The molecule has 2 atom stereocenters. The van der Waals surface area contributed by atoms with Gasteiger partial charge in [-0.25, -0.2) is 8.42 Å². The van der Waals surface area contributed by atoms with Gasteiger partial charge in [-0.05, 0) is 43.5 Å². The SMILES string of the molecule is CCCNC1CCCCC1S(=O)(=O)Cc1ccc(Cl)cc1. The number of nitrogens with one attached hydrogen (secondary N) is 1. The molecule has 3 nitrogen and oxygen atoms in total. The zero-order valence-corrected chi connectivity index (χ0v) is 14.1. The molecule has 2 rings (SSSR count). The molecule has 1 N–H and O–H groups in total. The van der Waals surface area contributed by atoms with Crippen molar-refractivity contribution >= 4 is 21.4 Å². The van der Waals surface area contributed by atoms with E-state index in [1.54, 1.807) is 24.3 Å². The number of hydrogen-bond donors (Lipinski definition) is 1. The summed E-state index contributed by atoms with van der Waals surface area (Å²) in [5.41, 5.74) is 0.819. The van der Waals surface area contributed by atoms with Crippen LogP contribution in [0.15, 0.2) is 24.3 Å². The second kappa shape index (κ2) is 7.61. The minimum Gasteiger partial charge on any atom is -0.313 e. The van der Waals surface area contributed by atoms with Gasteiger partial charge in [-0.3, -0.25) is 0 Å². The summed E-state index contributed by atoms with van der Waals surface area (Å²) in [6.07, 6.45) is 4.89. The molecule has 21 heavy (non-hydrogen) atoms. The summed E-state index contributed by atoms with van der Waals surface area (Å²) >= 11 is 5.85. The fourth-order valence-corrected chi connectivity index (χ4v) is 5.27. The molecule has 5 heteroatoms. The molecule has 1 saturated carbocycles. The molecule has 0 aliphatic heterocycles. The number of hydrogen-bond acceptors (Lipinski definition) is 3. The molecule has 1 aromatic rings. The third-order valence-electron chi connectivity index (χ3n) is 4.10. The van der Waals surface area contributed by atoms with Gasteiger partial charge in [0.05, 0.1) is 11.0 Å². The lowest BCUT2D eigenvalue weighted by atomic mass is 9.95. The van der Waals surface area contributed by atoms with E-state index < -0.39 is 9.84 Å². The van der Waals surface area contributed by atoms with Crippen molar-refractivity contribution in [3.8, 4) is 0 Å². The van der Waals surface area contributed by atoms with E-state index in [-0.39, 0.29) is 17.0 Å². The van der Waals surface area contributed by atoms with Gasteiger partial charge in [0.2, 0.25) is 0 Å². The molecule has 0 bridgehead atoms. The van der Waals surface area contributed by atoms with Crippen LogP contribution in [0.2, 0.25) is 5.02 Å². The van der Waals surface area contributed by atoms with E-state index >= 15 is 0 Å². The molecule has 0 heterocycles. The first-order valence-corrected chi connectivity index (χ1v) is 9.81. The minimum absolute atomic E-state index is 0.107. The highest BCUT2D eigenvalue weighted by atomic mass is 35.5. The smallest absolute Gasteiger partial charge is 0.158 e. The summed E-state index contributed by atoms with van der Waals surface area (Å²) in [6, 6.07) is 7.21. The van der Waals surface area contributed by atoms with Crippen molar-refractivity contribution in [2.75, 3.05) is 6.54 Å². The summed E-state index contributed by atoms with van der Waals surface area (Å²) in [7, 11) is -3.13. The highest BCUT2D eigenvalue weighted by Crippen LogP contribution is 2.27. The van der Waals surface area contributed by atoms with E-state index in [1.807, 2.05) is 0 Å². The van der Waals surface area contributed by atoms with Crippen LogP contribution in [0.25, 0.3) is 0 Å². The summed E-state index contributed by atoms with van der Waals surface area (Å²) in [4.78, 5) is 0. The molecule has 1 aromatic carbocycles. The average molecular weight is 330 g/mol. The Labute approximate surface area is 133 Å². The van der Waals surface area contributed by atoms with Gasteiger partial charge in [0.1, 0.15) is 0 Å². The maximum atomic E-state index is 12.7. The van der Waals surface area contributed by atoms with Gasteiger partial charge in [-0.15, -0.1) is 0 Å². The van der Waals surface area contributed by atoms with E-state index in [0.29, 0.717) is 5.02 Å². The lowest BCUT2D eigenvalue weighted by Gasteiger charge is -2.32. The Balaban J connectivity index is 2.10. The van der Waals surface area contributed by atoms with Crippen molar-refractivity contribution < 1.29 is 8.42 Å². The van der Waals surface area contributed by atoms with Crippen LogP contribution >= 0.6 is 11.6 Å². The van der Waals surface area contributed by atoms with Crippen LogP contribution in [0, 0.1) is 0 Å². The van der Waals surface area contributed by atoms with Gasteiger partial charge in [0.25, 0.3) is 0 Å². The highest BCUT2D eigenvalue weighted by molar-refractivity contribution is 7.91. The largest absolute Gasteiger partial charge is 0.313 e. The average Bonchev–Trinajstić information content (AvgIpc) is 2.47. The first-order valence-electron chi connectivity index (χ1n) is 7.72. The topological polar surface area (TPSA) is 46.2 Å². The van der Waals surface area contributed by atoms with Gasteiger partial charge in [0.15, 0.2) is 9.84 Å². The van der Waals surface area contributed by atoms with Crippen molar-refractivity contribution in [2.45, 2.75) is 56.1 Å². The standard InChI is InChI=1S/C16H24ClNO2S/c1-2-11-18-15-5-3-4-6-16(15)21(19,20)12-13-7-9-14(17)10-8-13/h7-10,15-16,18H,2-6,11-12H2,1H3. The summed E-state index contributed by atoms with van der Waals surface area (Å²) in [5, 5.41) is 3.80.